The molecule has 5 aromatic rings. The van der Waals surface area contributed by atoms with Crippen LogP contribution in [0.5, 0.6) is 5.88 Å². The van der Waals surface area contributed by atoms with Crippen LogP contribution in [0, 0.1) is 6.92 Å². The summed E-state index contributed by atoms with van der Waals surface area (Å²) in [5.74, 6) is 0.282. The van der Waals surface area contributed by atoms with E-state index in [-0.39, 0.29) is 18.0 Å². The third kappa shape index (κ3) is 2.98. The number of ether oxygens (including phenoxy) is 1. The van der Waals surface area contributed by atoms with Gasteiger partial charge in [-0.25, -0.2) is 4.79 Å². The first-order valence-electron chi connectivity index (χ1n) is 8.86. The number of benzene rings is 1. The molecule has 0 radical (unpaired) electrons. The third-order valence-corrected chi connectivity index (χ3v) is 4.39. The lowest BCUT2D eigenvalue weighted by molar-refractivity contribution is 0.0696. The number of aromatic nitrogens is 7. The Labute approximate surface area is 168 Å². The van der Waals surface area contributed by atoms with Gasteiger partial charge in [0, 0.05) is 23.9 Å². The van der Waals surface area contributed by atoms with E-state index in [0.717, 1.165) is 10.8 Å². The fraction of sp³-hybridized carbons (Fsp3) is 0.105. The molecule has 0 aliphatic rings. The summed E-state index contributed by atoms with van der Waals surface area (Å²) in [7, 11) is 0. The molecule has 0 saturated carbocycles. The minimum Gasteiger partial charge on any atom is -0.478 e. The lowest BCUT2D eigenvalue weighted by Crippen LogP contribution is -2.05. The molecule has 4 aromatic heterocycles. The fourth-order valence-corrected chi connectivity index (χ4v) is 2.97. The van der Waals surface area contributed by atoms with E-state index in [4.69, 9.17) is 14.4 Å². The number of rotatable bonds is 5. The van der Waals surface area contributed by atoms with Crippen molar-refractivity contribution in [3.8, 4) is 17.5 Å². The summed E-state index contributed by atoms with van der Waals surface area (Å²) in [4.78, 5) is 19.3. The first-order valence-corrected chi connectivity index (χ1v) is 8.86. The zero-order valence-corrected chi connectivity index (χ0v) is 15.6. The number of pyridine rings is 1. The lowest BCUT2D eigenvalue weighted by Gasteiger charge is -2.09. The SMILES string of the molecule is Cc1nc(-c2nnc3c4ccccc4c(OCc4ccc(C(=O)O)cn4)nn23)no1. The fourth-order valence-electron chi connectivity index (χ4n) is 2.97. The van der Waals surface area contributed by atoms with Crippen LogP contribution in [0.3, 0.4) is 0 Å². The van der Waals surface area contributed by atoms with Crippen molar-refractivity contribution in [3.63, 3.8) is 0 Å². The predicted octanol–water partition coefficient (Wildman–Crippen LogP) is 2.31. The van der Waals surface area contributed by atoms with Gasteiger partial charge in [0.05, 0.1) is 11.3 Å². The maximum atomic E-state index is 11.0. The van der Waals surface area contributed by atoms with Crippen LogP contribution in [-0.4, -0.2) is 46.0 Å². The van der Waals surface area contributed by atoms with Crippen molar-refractivity contribution in [1.82, 2.24) is 34.9 Å². The van der Waals surface area contributed by atoms with Crippen molar-refractivity contribution < 1.29 is 19.2 Å². The summed E-state index contributed by atoms with van der Waals surface area (Å²) >= 11 is 0. The molecule has 0 fully saturated rings. The summed E-state index contributed by atoms with van der Waals surface area (Å²) in [6, 6.07) is 10.6. The smallest absolute Gasteiger partial charge is 0.337 e. The van der Waals surface area contributed by atoms with Gasteiger partial charge >= 0.3 is 5.97 Å². The number of aromatic carboxylic acids is 1. The van der Waals surface area contributed by atoms with Gasteiger partial charge < -0.3 is 14.4 Å². The van der Waals surface area contributed by atoms with Crippen molar-refractivity contribution in [2.75, 3.05) is 0 Å². The molecule has 0 unspecified atom stereocenters. The van der Waals surface area contributed by atoms with Crippen LogP contribution >= 0.6 is 0 Å². The van der Waals surface area contributed by atoms with Gasteiger partial charge in [0.2, 0.25) is 23.4 Å². The second kappa shape index (κ2) is 6.88. The Hall–Kier alpha value is -4.41. The average Bonchev–Trinajstić information content (AvgIpc) is 3.38. The summed E-state index contributed by atoms with van der Waals surface area (Å²) < 4.78 is 12.5. The molecule has 0 bridgehead atoms. The average molecular weight is 403 g/mol. The van der Waals surface area contributed by atoms with E-state index in [1.165, 1.54) is 16.8 Å². The highest BCUT2D eigenvalue weighted by Crippen LogP contribution is 2.28. The second-order valence-electron chi connectivity index (χ2n) is 6.38. The monoisotopic (exact) mass is 403 g/mol. The molecule has 148 valence electrons. The Morgan fingerprint density at radius 1 is 1.17 bits per heavy atom. The molecule has 0 spiro atoms. The van der Waals surface area contributed by atoms with Gasteiger partial charge in [0.1, 0.15) is 6.61 Å². The van der Waals surface area contributed by atoms with Crippen LogP contribution in [0.25, 0.3) is 28.1 Å². The third-order valence-electron chi connectivity index (χ3n) is 4.39. The van der Waals surface area contributed by atoms with Crippen molar-refractivity contribution in [2.24, 2.45) is 0 Å². The van der Waals surface area contributed by atoms with E-state index >= 15 is 0 Å². The summed E-state index contributed by atoms with van der Waals surface area (Å²) in [5.41, 5.74) is 1.19. The van der Waals surface area contributed by atoms with Crippen LogP contribution in [0.2, 0.25) is 0 Å². The van der Waals surface area contributed by atoms with E-state index in [2.05, 4.69) is 30.4 Å². The number of carbonyl (C=O) groups is 1. The van der Waals surface area contributed by atoms with E-state index in [1.54, 1.807) is 13.0 Å². The van der Waals surface area contributed by atoms with E-state index < -0.39 is 5.97 Å². The van der Waals surface area contributed by atoms with Crippen LogP contribution < -0.4 is 4.74 Å². The summed E-state index contributed by atoms with van der Waals surface area (Å²) in [6.45, 7) is 1.78. The van der Waals surface area contributed by atoms with E-state index in [1.807, 2.05) is 24.3 Å². The van der Waals surface area contributed by atoms with E-state index in [0.29, 0.717) is 28.9 Å². The molecule has 5 rings (SSSR count). The van der Waals surface area contributed by atoms with Crippen molar-refractivity contribution in [2.45, 2.75) is 13.5 Å². The summed E-state index contributed by atoms with van der Waals surface area (Å²) in [6.07, 6.45) is 1.28. The standard InChI is InChI=1S/C19H13N7O4/c1-10-21-15(25-30-10)17-23-22-16-13-4-2-3-5-14(13)18(24-26(16)17)29-9-12-7-6-11(8-20-12)19(27)28/h2-8H,9H2,1H3,(H,27,28). The van der Waals surface area contributed by atoms with Crippen molar-refractivity contribution in [1.29, 1.82) is 0 Å². The zero-order valence-electron chi connectivity index (χ0n) is 15.6. The van der Waals surface area contributed by atoms with Gasteiger partial charge in [-0.05, 0) is 18.2 Å². The Morgan fingerprint density at radius 2 is 2.00 bits per heavy atom. The molecule has 0 amide bonds. The van der Waals surface area contributed by atoms with Gasteiger partial charge in [-0.15, -0.1) is 15.3 Å². The molecule has 0 saturated heterocycles. The quantitative estimate of drug-likeness (QED) is 0.464. The van der Waals surface area contributed by atoms with Crippen molar-refractivity contribution >= 4 is 22.4 Å². The van der Waals surface area contributed by atoms with E-state index in [9.17, 15) is 4.79 Å². The van der Waals surface area contributed by atoms with Gasteiger partial charge in [0.25, 0.3) is 0 Å². The second-order valence-corrected chi connectivity index (χ2v) is 6.38. The molecule has 1 aromatic carbocycles. The Balaban J connectivity index is 1.57. The molecule has 0 atom stereocenters. The van der Waals surface area contributed by atoms with Gasteiger partial charge in [0.15, 0.2) is 5.65 Å². The molecule has 0 aliphatic heterocycles. The maximum Gasteiger partial charge on any atom is 0.337 e. The topological polar surface area (TPSA) is 141 Å². The summed E-state index contributed by atoms with van der Waals surface area (Å²) in [5, 5.41) is 27.3. The number of carboxylic acids is 1. The number of carboxylic acid groups (broad SMARTS) is 1. The number of hydrogen-bond donors (Lipinski definition) is 1. The number of hydrogen-bond acceptors (Lipinski definition) is 9. The molecular weight excluding hydrogens is 390 g/mol. The van der Waals surface area contributed by atoms with Gasteiger partial charge in [-0.1, -0.05) is 23.4 Å². The molecule has 11 heteroatoms. The van der Waals surface area contributed by atoms with Gasteiger partial charge in [-0.3, -0.25) is 4.98 Å². The minimum atomic E-state index is -1.04. The van der Waals surface area contributed by atoms with Crippen LogP contribution in [0.1, 0.15) is 21.9 Å². The largest absolute Gasteiger partial charge is 0.478 e. The Kier molecular flexibility index (Phi) is 4.05. The maximum absolute atomic E-state index is 11.0. The normalized spacial score (nSPS) is 11.2. The van der Waals surface area contributed by atoms with Crippen LogP contribution in [-0.2, 0) is 6.61 Å². The molecule has 1 N–H and O–H groups in total. The van der Waals surface area contributed by atoms with Crippen LogP contribution in [0.4, 0.5) is 0 Å². The number of nitrogens with zero attached hydrogens (tertiary/aromatic N) is 7. The minimum absolute atomic E-state index is 0.0984. The first kappa shape index (κ1) is 17.7. The van der Waals surface area contributed by atoms with Crippen LogP contribution in [0.15, 0.2) is 47.1 Å². The van der Waals surface area contributed by atoms with Crippen molar-refractivity contribution in [3.05, 3.63) is 59.7 Å². The highest BCUT2D eigenvalue weighted by atomic mass is 16.5. The predicted molar refractivity (Wildman–Crippen MR) is 102 cm³/mol. The Bertz CT molecular complexity index is 1390. The number of fused-ring (bicyclic) bond motifs is 3. The molecule has 0 aliphatic carbocycles. The highest BCUT2D eigenvalue weighted by molar-refractivity contribution is 5.96. The Morgan fingerprint density at radius 3 is 2.70 bits per heavy atom. The molecular formula is C19H13N7O4. The van der Waals surface area contributed by atoms with Gasteiger partial charge in [-0.2, -0.15) is 9.50 Å². The highest BCUT2D eigenvalue weighted by Gasteiger charge is 2.19. The first-order chi connectivity index (χ1) is 14.6. The lowest BCUT2D eigenvalue weighted by atomic mass is 10.2. The molecule has 11 nitrogen and oxygen atoms in total. The zero-order chi connectivity index (χ0) is 20.7. The number of aryl methyl sites for hydroxylation is 1. The molecule has 4 heterocycles. The molecule has 30 heavy (non-hydrogen) atoms.